The molecule has 1 N–H and O–H groups in total. The van der Waals surface area contributed by atoms with E-state index in [9.17, 15) is 13.2 Å². The number of fused-ring (bicyclic) bond motifs is 1. The summed E-state index contributed by atoms with van der Waals surface area (Å²) in [6.45, 7) is 2.00. The van der Waals surface area contributed by atoms with Crippen molar-refractivity contribution in [3.63, 3.8) is 0 Å². The Morgan fingerprint density at radius 1 is 1.05 bits per heavy atom. The molecule has 0 bridgehead atoms. The molecule has 0 spiro atoms. The molecule has 0 aliphatic carbocycles. The Kier molecular flexibility index (Phi) is 3.94. The lowest BCUT2D eigenvalue weighted by molar-refractivity contribution is -0.274. The molecule has 3 rings (SSSR count). The lowest BCUT2D eigenvalue weighted by atomic mass is 10.1. The number of hydrogen-bond acceptors (Lipinski definition) is 3. The van der Waals surface area contributed by atoms with E-state index in [1.165, 1.54) is 12.1 Å². The zero-order valence-electron chi connectivity index (χ0n) is 11.7. The Morgan fingerprint density at radius 3 is 2.55 bits per heavy atom. The molecular weight excluding hydrogens is 293 g/mol. The van der Waals surface area contributed by atoms with E-state index in [1.807, 2.05) is 30.3 Å². The summed E-state index contributed by atoms with van der Waals surface area (Å²) in [5.74, 6) is -0.192. The quantitative estimate of drug-likeness (QED) is 0.912. The van der Waals surface area contributed by atoms with Crippen LogP contribution in [-0.2, 0) is 6.54 Å². The lowest BCUT2D eigenvalue weighted by Crippen LogP contribution is -2.24. The van der Waals surface area contributed by atoms with Crippen LogP contribution >= 0.6 is 0 Å². The fourth-order valence-electron chi connectivity index (χ4n) is 2.57. The highest BCUT2D eigenvalue weighted by molar-refractivity contribution is 5.68. The predicted molar refractivity (Wildman–Crippen MR) is 78.3 cm³/mol. The largest absolute Gasteiger partial charge is 0.573 e. The van der Waals surface area contributed by atoms with Gasteiger partial charge in [0.05, 0.1) is 0 Å². The Hall–Kier alpha value is -2.21. The predicted octanol–water partition coefficient (Wildman–Crippen LogP) is 3.83. The molecule has 3 nitrogen and oxygen atoms in total. The van der Waals surface area contributed by atoms with Crippen LogP contribution in [0.2, 0.25) is 0 Å². The van der Waals surface area contributed by atoms with Crippen molar-refractivity contribution in [2.24, 2.45) is 0 Å². The molecule has 0 saturated carbocycles. The van der Waals surface area contributed by atoms with Gasteiger partial charge in [-0.1, -0.05) is 18.2 Å². The summed E-state index contributed by atoms with van der Waals surface area (Å²) in [6, 6.07) is 14.2. The summed E-state index contributed by atoms with van der Waals surface area (Å²) in [5, 5.41) is 3.21. The number of hydrogen-bond donors (Lipinski definition) is 1. The number of benzene rings is 2. The molecule has 6 heteroatoms. The molecule has 22 heavy (non-hydrogen) atoms. The van der Waals surface area contributed by atoms with Gasteiger partial charge < -0.3 is 15.0 Å². The summed E-state index contributed by atoms with van der Waals surface area (Å²) in [5.41, 5.74) is 2.69. The van der Waals surface area contributed by atoms with Gasteiger partial charge in [0.15, 0.2) is 0 Å². The maximum Gasteiger partial charge on any atom is 0.573 e. The second-order valence-corrected chi connectivity index (χ2v) is 5.00. The van der Waals surface area contributed by atoms with Crippen molar-refractivity contribution in [3.8, 4) is 5.75 Å². The van der Waals surface area contributed by atoms with Crippen LogP contribution in [0.1, 0.15) is 5.56 Å². The molecule has 0 saturated heterocycles. The third kappa shape index (κ3) is 3.33. The van der Waals surface area contributed by atoms with Gasteiger partial charge in [0, 0.05) is 31.0 Å². The fraction of sp³-hybridized carbons (Fsp3) is 0.250. The SMILES string of the molecule is FC(F)(F)Oc1ccc2c(c1)CNCCN2c1ccccc1. The minimum Gasteiger partial charge on any atom is -0.406 e. The van der Waals surface area contributed by atoms with Crippen LogP contribution in [0.15, 0.2) is 48.5 Å². The Balaban J connectivity index is 1.96. The van der Waals surface area contributed by atoms with Gasteiger partial charge in [0.1, 0.15) is 5.75 Å². The van der Waals surface area contributed by atoms with Gasteiger partial charge in [-0.05, 0) is 35.9 Å². The molecule has 116 valence electrons. The molecule has 1 heterocycles. The summed E-state index contributed by atoms with van der Waals surface area (Å²) in [7, 11) is 0. The van der Waals surface area contributed by atoms with Crippen molar-refractivity contribution >= 4 is 11.4 Å². The highest BCUT2D eigenvalue weighted by Crippen LogP contribution is 2.33. The van der Waals surface area contributed by atoms with Gasteiger partial charge in [-0.15, -0.1) is 13.2 Å². The highest BCUT2D eigenvalue weighted by Gasteiger charge is 2.31. The van der Waals surface area contributed by atoms with Gasteiger partial charge >= 0.3 is 6.36 Å². The van der Waals surface area contributed by atoms with Crippen LogP contribution in [0.5, 0.6) is 5.75 Å². The molecule has 0 aromatic heterocycles. The zero-order valence-corrected chi connectivity index (χ0v) is 11.7. The van der Waals surface area contributed by atoms with Crippen molar-refractivity contribution in [2.75, 3.05) is 18.0 Å². The number of nitrogens with one attached hydrogen (secondary N) is 1. The number of halogens is 3. The van der Waals surface area contributed by atoms with Crippen molar-refractivity contribution in [3.05, 3.63) is 54.1 Å². The van der Waals surface area contributed by atoms with E-state index < -0.39 is 6.36 Å². The molecule has 0 amide bonds. The second-order valence-electron chi connectivity index (χ2n) is 5.00. The van der Waals surface area contributed by atoms with Crippen LogP contribution in [0.3, 0.4) is 0 Å². The number of anilines is 2. The molecule has 2 aromatic rings. The van der Waals surface area contributed by atoms with Crippen molar-refractivity contribution in [2.45, 2.75) is 12.9 Å². The molecular formula is C16H15F3N2O. The zero-order chi connectivity index (χ0) is 15.6. The Labute approximate surface area is 126 Å². The van der Waals surface area contributed by atoms with Crippen molar-refractivity contribution < 1.29 is 17.9 Å². The molecule has 0 unspecified atom stereocenters. The molecule has 1 aliphatic heterocycles. The first kappa shape index (κ1) is 14.7. The number of rotatable bonds is 2. The Bertz CT molecular complexity index is 644. The average molecular weight is 308 g/mol. The number of nitrogens with zero attached hydrogens (tertiary/aromatic N) is 1. The molecule has 0 radical (unpaired) electrons. The third-order valence-electron chi connectivity index (χ3n) is 3.47. The summed E-state index contributed by atoms with van der Waals surface area (Å²) < 4.78 is 41.0. The van der Waals surface area contributed by atoms with E-state index in [0.29, 0.717) is 6.54 Å². The molecule has 1 aliphatic rings. The van der Waals surface area contributed by atoms with E-state index >= 15 is 0 Å². The normalized spacial score (nSPS) is 15.1. The smallest absolute Gasteiger partial charge is 0.406 e. The monoisotopic (exact) mass is 308 g/mol. The molecule has 2 aromatic carbocycles. The average Bonchev–Trinajstić information content (AvgIpc) is 2.68. The van der Waals surface area contributed by atoms with Gasteiger partial charge in [0.25, 0.3) is 0 Å². The summed E-state index contributed by atoms with van der Waals surface area (Å²) in [6.07, 6.45) is -4.68. The van der Waals surface area contributed by atoms with E-state index in [0.717, 1.165) is 30.0 Å². The molecule has 0 atom stereocenters. The lowest BCUT2D eigenvalue weighted by Gasteiger charge is -2.25. The van der Waals surface area contributed by atoms with Gasteiger partial charge in [0.2, 0.25) is 0 Å². The first-order valence-electron chi connectivity index (χ1n) is 6.95. The van der Waals surface area contributed by atoms with Gasteiger partial charge in [-0.3, -0.25) is 0 Å². The third-order valence-corrected chi connectivity index (χ3v) is 3.47. The maximum absolute atomic E-state index is 12.3. The van der Waals surface area contributed by atoms with Crippen LogP contribution < -0.4 is 15.0 Å². The topological polar surface area (TPSA) is 24.5 Å². The van der Waals surface area contributed by atoms with E-state index in [-0.39, 0.29) is 5.75 Å². The van der Waals surface area contributed by atoms with Crippen molar-refractivity contribution in [1.29, 1.82) is 0 Å². The highest BCUT2D eigenvalue weighted by atomic mass is 19.4. The van der Waals surface area contributed by atoms with Crippen molar-refractivity contribution in [1.82, 2.24) is 5.32 Å². The summed E-state index contributed by atoms with van der Waals surface area (Å²) in [4.78, 5) is 2.09. The first-order chi connectivity index (χ1) is 10.5. The van der Waals surface area contributed by atoms with Gasteiger partial charge in [-0.2, -0.15) is 0 Å². The number of ether oxygens (including phenoxy) is 1. The van der Waals surface area contributed by atoms with Crippen LogP contribution in [0.25, 0.3) is 0 Å². The number of alkyl halides is 3. The minimum atomic E-state index is -4.68. The van der Waals surface area contributed by atoms with E-state index in [2.05, 4.69) is 15.0 Å². The van der Waals surface area contributed by atoms with E-state index in [1.54, 1.807) is 6.07 Å². The van der Waals surface area contributed by atoms with Crippen LogP contribution in [0.4, 0.5) is 24.5 Å². The summed E-state index contributed by atoms with van der Waals surface area (Å²) >= 11 is 0. The van der Waals surface area contributed by atoms with Crippen LogP contribution in [-0.4, -0.2) is 19.5 Å². The molecule has 0 fully saturated rings. The maximum atomic E-state index is 12.3. The Morgan fingerprint density at radius 2 is 1.82 bits per heavy atom. The minimum absolute atomic E-state index is 0.192. The second kappa shape index (κ2) is 5.88. The number of para-hydroxylation sites is 1. The fourth-order valence-corrected chi connectivity index (χ4v) is 2.57. The standard InChI is InChI=1S/C16H15F3N2O/c17-16(18,19)22-14-6-7-15-12(10-14)11-20-8-9-21(15)13-4-2-1-3-5-13/h1-7,10,20H,8-9,11H2. The van der Waals surface area contributed by atoms with Gasteiger partial charge in [-0.25, -0.2) is 0 Å². The first-order valence-corrected chi connectivity index (χ1v) is 6.95. The van der Waals surface area contributed by atoms with Crippen LogP contribution in [0, 0.1) is 0 Å². The van der Waals surface area contributed by atoms with E-state index in [4.69, 9.17) is 0 Å².